The third kappa shape index (κ3) is 4.77. The van der Waals surface area contributed by atoms with Crippen LogP contribution >= 0.6 is 11.3 Å². The minimum atomic E-state index is -0.00399. The molecule has 1 aliphatic rings. The summed E-state index contributed by atoms with van der Waals surface area (Å²) in [4.78, 5) is 19.7. The SMILES string of the molecule is Cc1ccc(-c2cc(C(=O)N(C)[C@H]3CCCN(CCc4ccccc4)C3)n[nH]2)s1. The lowest BCUT2D eigenvalue weighted by molar-refractivity contribution is 0.0613. The van der Waals surface area contributed by atoms with Gasteiger partial charge in [-0.15, -0.1) is 11.3 Å². The molecule has 1 fully saturated rings. The maximum absolute atomic E-state index is 13.0. The van der Waals surface area contributed by atoms with Gasteiger partial charge in [-0.25, -0.2) is 0 Å². The Morgan fingerprint density at radius 2 is 2.10 bits per heavy atom. The molecule has 1 N–H and O–H groups in total. The maximum atomic E-state index is 13.0. The number of nitrogens with one attached hydrogen (secondary N) is 1. The molecule has 0 radical (unpaired) electrons. The molecule has 0 bridgehead atoms. The zero-order valence-corrected chi connectivity index (χ0v) is 17.9. The van der Waals surface area contributed by atoms with Gasteiger partial charge in [0.25, 0.3) is 5.91 Å². The molecule has 3 heterocycles. The Hall–Kier alpha value is -2.44. The molecule has 1 aromatic carbocycles. The molecule has 6 heteroatoms. The van der Waals surface area contributed by atoms with E-state index in [0.717, 1.165) is 49.5 Å². The number of benzene rings is 1. The highest BCUT2D eigenvalue weighted by Crippen LogP contribution is 2.27. The zero-order chi connectivity index (χ0) is 20.2. The van der Waals surface area contributed by atoms with Crippen LogP contribution in [0, 0.1) is 6.92 Å². The summed E-state index contributed by atoms with van der Waals surface area (Å²) in [5.41, 5.74) is 2.77. The van der Waals surface area contributed by atoms with E-state index in [4.69, 9.17) is 0 Å². The lowest BCUT2D eigenvalue weighted by Gasteiger charge is -2.37. The number of hydrogen-bond acceptors (Lipinski definition) is 4. The first kappa shape index (κ1) is 19.9. The molecule has 4 rings (SSSR count). The van der Waals surface area contributed by atoms with Crippen LogP contribution in [-0.4, -0.2) is 58.6 Å². The molecule has 152 valence electrons. The van der Waals surface area contributed by atoms with Gasteiger partial charge in [0.05, 0.1) is 10.6 Å². The van der Waals surface area contributed by atoms with Gasteiger partial charge < -0.3 is 9.80 Å². The molecule has 5 nitrogen and oxygen atoms in total. The number of thiophene rings is 1. The number of carbonyl (C=O) groups excluding carboxylic acids is 1. The largest absolute Gasteiger partial charge is 0.336 e. The quantitative estimate of drug-likeness (QED) is 0.664. The van der Waals surface area contributed by atoms with Crippen LogP contribution in [0.5, 0.6) is 0 Å². The summed E-state index contributed by atoms with van der Waals surface area (Å²) in [5.74, 6) is -0.00399. The lowest BCUT2D eigenvalue weighted by atomic mass is 10.0. The molecule has 2 aromatic heterocycles. The highest BCUT2D eigenvalue weighted by molar-refractivity contribution is 7.15. The summed E-state index contributed by atoms with van der Waals surface area (Å²) >= 11 is 1.70. The molecular formula is C23H28N4OS. The van der Waals surface area contributed by atoms with Crippen LogP contribution in [0.4, 0.5) is 0 Å². The van der Waals surface area contributed by atoms with E-state index in [1.807, 2.05) is 18.0 Å². The van der Waals surface area contributed by atoms with Crippen LogP contribution in [0.1, 0.15) is 33.8 Å². The average molecular weight is 409 g/mol. The number of likely N-dealkylation sites (N-methyl/N-ethyl adjacent to an activating group) is 1. The number of carbonyl (C=O) groups is 1. The summed E-state index contributed by atoms with van der Waals surface area (Å²) in [7, 11) is 1.91. The van der Waals surface area contributed by atoms with E-state index in [-0.39, 0.29) is 11.9 Å². The van der Waals surface area contributed by atoms with E-state index in [1.165, 1.54) is 10.4 Å². The van der Waals surface area contributed by atoms with E-state index in [9.17, 15) is 4.79 Å². The highest BCUT2D eigenvalue weighted by atomic mass is 32.1. The summed E-state index contributed by atoms with van der Waals surface area (Å²) in [6.07, 6.45) is 3.22. The normalized spacial score (nSPS) is 17.4. The summed E-state index contributed by atoms with van der Waals surface area (Å²) < 4.78 is 0. The Morgan fingerprint density at radius 3 is 2.86 bits per heavy atom. The number of likely N-dealkylation sites (tertiary alicyclic amines) is 1. The fraction of sp³-hybridized carbons (Fsp3) is 0.391. The van der Waals surface area contributed by atoms with Gasteiger partial charge in [0.2, 0.25) is 0 Å². The third-order valence-corrected chi connectivity index (χ3v) is 6.75. The molecule has 1 atom stereocenters. The van der Waals surface area contributed by atoms with E-state index in [2.05, 4.69) is 64.5 Å². The van der Waals surface area contributed by atoms with Crippen molar-refractivity contribution in [3.8, 4) is 10.6 Å². The van der Waals surface area contributed by atoms with Crippen LogP contribution < -0.4 is 0 Å². The smallest absolute Gasteiger partial charge is 0.274 e. The first-order valence-electron chi connectivity index (χ1n) is 10.3. The van der Waals surface area contributed by atoms with Crippen molar-refractivity contribution in [2.24, 2.45) is 0 Å². The van der Waals surface area contributed by atoms with Crippen molar-refractivity contribution in [2.45, 2.75) is 32.2 Å². The van der Waals surface area contributed by atoms with Gasteiger partial charge in [-0.05, 0) is 56.5 Å². The predicted molar refractivity (Wildman–Crippen MR) is 118 cm³/mol. The molecule has 1 aliphatic heterocycles. The van der Waals surface area contributed by atoms with Crippen LogP contribution in [0.2, 0.25) is 0 Å². The number of hydrogen-bond donors (Lipinski definition) is 1. The minimum Gasteiger partial charge on any atom is -0.336 e. The van der Waals surface area contributed by atoms with E-state index < -0.39 is 0 Å². The Bertz CT molecular complexity index is 949. The fourth-order valence-corrected chi connectivity index (χ4v) is 4.80. The number of nitrogens with zero attached hydrogens (tertiary/aromatic N) is 3. The maximum Gasteiger partial charge on any atom is 0.274 e. The van der Waals surface area contributed by atoms with Gasteiger partial charge in [0.15, 0.2) is 5.69 Å². The first-order chi connectivity index (χ1) is 14.1. The number of aryl methyl sites for hydroxylation is 1. The molecule has 0 aliphatic carbocycles. The first-order valence-corrected chi connectivity index (χ1v) is 11.1. The van der Waals surface area contributed by atoms with Crippen molar-refractivity contribution in [3.05, 3.63) is 64.7 Å². The van der Waals surface area contributed by atoms with Crippen LogP contribution in [0.25, 0.3) is 10.6 Å². The Kier molecular flexibility index (Phi) is 6.11. The molecule has 3 aromatic rings. The van der Waals surface area contributed by atoms with Gasteiger partial charge >= 0.3 is 0 Å². The Morgan fingerprint density at radius 1 is 1.28 bits per heavy atom. The van der Waals surface area contributed by atoms with Gasteiger partial charge in [0.1, 0.15) is 0 Å². The molecule has 29 heavy (non-hydrogen) atoms. The molecular weight excluding hydrogens is 380 g/mol. The van der Waals surface area contributed by atoms with Crippen molar-refractivity contribution >= 4 is 17.2 Å². The van der Waals surface area contributed by atoms with E-state index in [1.54, 1.807) is 11.3 Å². The highest BCUT2D eigenvalue weighted by Gasteiger charge is 2.27. The van der Waals surface area contributed by atoms with Crippen molar-refractivity contribution in [1.29, 1.82) is 0 Å². The second kappa shape index (κ2) is 8.93. The monoisotopic (exact) mass is 408 g/mol. The Labute approximate surface area is 176 Å². The topological polar surface area (TPSA) is 52.2 Å². The van der Waals surface area contributed by atoms with Crippen molar-refractivity contribution in [2.75, 3.05) is 26.7 Å². The van der Waals surface area contributed by atoms with Gasteiger partial charge in [0, 0.05) is 31.1 Å². The Balaban J connectivity index is 1.36. The van der Waals surface area contributed by atoms with Crippen LogP contribution in [0.15, 0.2) is 48.5 Å². The number of aromatic nitrogens is 2. The molecule has 0 unspecified atom stereocenters. The molecule has 1 saturated heterocycles. The predicted octanol–water partition coefficient (Wildman–Crippen LogP) is 4.23. The van der Waals surface area contributed by atoms with Gasteiger partial charge in [-0.1, -0.05) is 30.3 Å². The number of aromatic amines is 1. The van der Waals surface area contributed by atoms with E-state index in [0.29, 0.717) is 5.69 Å². The second-order valence-corrected chi connectivity index (χ2v) is 9.11. The third-order valence-electron chi connectivity index (χ3n) is 5.71. The zero-order valence-electron chi connectivity index (χ0n) is 17.1. The van der Waals surface area contributed by atoms with Gasteiger partial charge in [-0.2, -0.15) is 5.10 Å². The number of amides is 1. The summed E-state index contributed by atoms with van der Waals surface area (Å²) in [5, 5.41) is 7.31. The van der Waals surface area contributed by atoms with Crippen molar-refractivity contribution in [1.82, 2.24) is 20.0 Å². The molecule has 0 spiro atoms. The van der Waals surface area contributed by atoms with Gasteiger partial charge in [-0.3, -0.25) is 9.89 Å². The van der Waals surface area contributed by atoms with Crippen LogP contribution in [0.3, 0.4) is 0 Å². The lowest BCUT2D eigenvalue weighted by Crippen LogP contribution is -2.49. The summed E-state index contributed by atoms with van der Waals surface area (Å²) in [6, 6.07) is 16.9. The minimum absolute atomic E-state index is 0.00399. The van der Waals surface area contributed by atoms with E-state index >= 15 is 0 Å². The molecule has 1 amide bonds. The second-order valence-electron chi connectivity index (χ2n) is 7.83. The van der Waals surface area contributed by atoms with Crippen molar-refractivity contribution in [3.63, 3.8) is 0 Å². The van der Waals surface area contributed by atoms with Crippen molar-refractivity contribution < 1.29 is 4.79 Å². The average Bonchev–Trinajstić information content (AvgIpc) is 3.41. The standard InChI is InChI=1S/C23H28N4OS/c1-17-10-11-22(29-17)20-15-21(25-24-20)23(28)26(2)19-9-6-13-27(16-19)14-12-18-7-4-3-5-8-18/h3-5,7-8,10-11,15,19H,6,9,12-14,16H2,1-2H3,(H,24,25)/t19-/m0/s1. The fourth-order valence-electron chi connectivity index (χ4n) is 3.97. The molecule has 0 saturated carbocycles. The van der Waals surface area contributed by atoms with Crippen LogP contribution in [-0.2, 0) is 6.42 Å². The number of rotatable bonds is 6. The number of H-pyrrole nitrogens is 1. The number of piperidine rings is 1. The summed E-state index contributed by atoms with van der Waals surface area (Å²) in [6.45, 7) is 5.15.